The second-order valence-corrected chi connectivity index (χ2v) is 6.46. The summed E-state index contributed by atoms with van der Waals surface area (Å²) in [6.45, 7) is 1.03. The highest BCUT2D eigenvalue weighted by Crippen LogP contribution is 2.21. The van der Waals surface area contributed by atoms with Crippen LogP contribution in [0.25, 0.3) is 0 Å². The van der Waals surface area contributed by atoms with Crippen molar-refractivity contribution in [2.45, 2.75) is 25.8 Å². The van der Waals surface area contributed by atoms with Crippen LogP contribution in [0.1, 0.15) is 24.1 Å². The van der Waals surface area contributed by atoms with Crippen LogP contribution in [-0.4, -0.2) is 34.8 Å². The number of pyridine rings is 1. The van der Waals surface area contributed by atoms with Gasteiger partial charge in [-0.25, -0.2) is 4.39 Å². The molecule has 1 N–H and O–H groups in total. The zero-order chi connectivity index (χ0) is 18.4. The lowest BCUT2D eigenvalue weighted by atomic mass is 9.96. The molecule has 136 valence electrons. The predicted molar refractivity (Wildman–Crippen MR) is 95.5 cm³/mol. The number of carbonyl (C=O) groups excluding carboxylic acids is 2. The number of piperidine rings is 1. The lowest BCUT2D eigenvalue weighted by Gasteiger charge is -2.32. The van der Waals surface area contributed by atoms with Crippen LogP contribution in [-0.2, 0) is 22.6 Å². The Hall–Kier alpha value is -2.76. The SMILES string of the molecule is O=C(NCCc1ccccn1)C1CCC(=O)N(Cc2ccccc2F)C1. The van der Waals surface area contributed by atoms with Gasteiger partial charge in [-0.1, -0.05) is 24.3 Å². The quantitative estimate of drug-likeness (QED) is 0.865. The standard InChI is InChI=1S/C20H22FN3O2/c21-18-7-2-1-5-15(18)13-24-14-16(8-9-19(24)25)20(26)23-12-10-17-6-3-4-11-22-17/h1-7,11,16H,8-10,12-14H2,(H,23,26). The number of nitrogens with zero attached hydrogens (tertiary/aromatic N) is 2. The summed E-state index contributed by atoms with van der Waals surface area (Å²) in [6.07, 6.45) is 3.23. The summed E-state index contributed by atoms with van der Waals surface area (Å²) in [5, 5.41) is 2.92. The molecular formula is C20H22FN3O2. The van der Waals surface area contributed by atoms with E-state index >= 15 is 0 Å². The molecule has 6 heteroatoms. The molecule has 1 aliphatic rings. The molecule has 26 heavy (non-hydrogen) atoms. The van der Waals surface area contributed by atoms with Crippen molar-refractivity contribution in [3.63, 3.8) is 0 Å². The Bertz CT molecular complexity index is 767. The maximum Gasteiger partial charge on any atom is 0.224 e. The first kappa shape index (κ1) is 18.0. The van der Waals surface area contributed by atoms with E-state index in [2.05, 4.69) is 10.3 Å². The maximum absolute atomic E-state index is 13.8. The fourth-order valence-corrected chi connectivity index (χ4v) is 3.12. The zero-order valence-corrected chi connectivity index (χ0v) is 14.5. The van der Waals surface area contributed by atoms with Gasteiger partial charge in [-0.15, -0.1) is 0 Å². The third-order valence-corrected chi connectivity index (χ3v) is 4.60. The Labute approximate surface area is 152 Å². The predicted octanol–water partition coefficient (Wildman–Crippen LogP) is 2.32. The van der Waals surface area contributed by atoms with E-state index in [1.54, 1.807) is 29.3 Å². The van der Waals surface area contributed by atoms with Crippen LogP contribution in [0.15, 0.2) is 48.7 Å². The number of hydrogen-bond donors (Lipinski definition) is 1. The van der Waals surface area contributed by atoms with Crippen LogP contribution < -0.4 is 5.32 Å². The Morgan fingerprint density at radius 3 is 2.81 bits per heavy atom. The molecule has 2 amide bonds. The molecule has 0 bridgehead atoms. The molecule has 1 aromatic carbocycles. The molecule has 2 aromatic rings. The van der Waals surface area contributed by atoms with Crippen molar-refractivity contribution in [3.05, 3.63) is 65.7 Å². The van der Waals surface area contributed by atoms with Gasteiger partial charge in [-0.05, 0) is 24.6 Å². The van der Waals surface area contributed by atoms with Gasteiger partial charge in [0.25, 0.3) is 0 Å². The van der Waals surface area contributed by atoms with E-state index in [4.69, 9.17) is 0 Å². The number of carbonyl (C=O) groups is 2. The highest BCUT2D eigenvalue weighted by atomic mass is 19.1. The monoisotopic (exact) mass is 355 g/mol. The van der Waals surface area contributed by atoms with Crippen molar-refractivity contribution in [2.75, 3.05) is 13.1 Å². The lowest BCUT2D eigenvalue weighted by Crippen LogP contribution is -2.45. The zero-order valence-electron chi connectivity index (χ0n) is 14.5. The number of hydrogen-bond acceptors (Lipinski definition) is 3. The fourth-order valence-electron chi connectivity index (χ4n) is 3.12. The normalized spacial score (nSPS) is 17.2. The van der Waals surface area contributed by atoms with Gasteiger partial charge >= 0.3 is 0 Å². The topological polar surface area (TPSA) is 62.3 Å². The number of benzene rings is 1. The Balaban J connectivity index is 1.52. The molecule has 1 aromatic heterocycles. The van der Waals surface area contributed by atoms with E-state index in [-0.39, 0.29) is 30.1 Å². The molecular weight excluding hydrogens is 333 g/mol. The number of rotatable bonds is 6. The third kappa shape index (κ3) is 4.65. The summed E-state index contributed by atoms with van der Waals surface area (Å²) in [4.78, 5) is 30.4. The van der Waals surface area contributed by atoms with Gasteiger partial charge in [0.05, 0.1) is 5.92 Å². The summed E-state index contributed by atoms with van der Waals surface area (Å²) >= 11 is 0. The summed E-state index contributed by atoms with van der Waals surface area (Å²) in [7, 11) is 0. The minimum atomic E-state index is -0.331. The summed E-state index contributed by atoms with van der Waals surface area (Å²) < 4.78 is 13.8. The van der Waals surface area contributed by atoms with Crippen LogP contribution in [0.2, 0.25) is 0 Å². The van der Waals surface area contributed by atoms with Crippen molar-refractivity contribution in [2.24, 2.45) is 5.92 Å². The van der Waals surface area contributed by atoms with Crippen LogP contribution in [0.3, 0.4) is 0 Å². The molecule has 1 fully saturated rings. The second kappa shape index (κ2) is 8.56. The number of amides is 2. The molecule has 1 saturated heterocycles. The molecule has 0 aliphatic carbocycles. The highest BCUT2D eigenvalue weighted by molar-refractivity contribution is 5.83. The molecule has 1 atom stereocenters. The Kier molecular flexibility index (Phi) is 5.94. The van der Waals surface area contributed by atoms with E-state index in [0.717, 1.165) is 5.69 Å². The maximum atomic E-state index is 13.8. The van der Waals surface area contributed by atoms with Gasteiger partial charge in [0, 0.05) is 49.9 Å². The van der Waals surface area contributed by atoms with Crippen LogP contribution >= 0.6 is 0 Å². The average Bonchev–Trinajstić information content (AvgIpc) is 2.66. The molecule has 5 nitrogen and oxygen atoms in total. The summed E-state index contributed by atoms with van der Waals surface area (Å²) in [6, 6.07) is 12.1. The Morgan fingerprint density at radius 1 is 1.23 bits per heavy atom. The molecule has 1 unspecified atom stereocenters. The van der Waals surface area contributed by atoms with E-state index in [0.29, 0.717) is 37.9 Å². The average molecular weight is 355 g/mol. The first-order chi connectivity index (χ1) is 12.6. The largest absolute Gasteiger partial charge is 0.355 e. The fraction of sp³-hybridized carbons (Fsp3) is 0.350. The number of nitrogens with one attached hydrogen (secondary N) is 1. The number of aromatic nitrogens is 1. The van der Waals surface area contributed by atoms with Gasteiger partial charge in [0.2, 0.25) is 11.8 Å². The van der Waals surface area contributed by atoms with Gasteiger partial charge in [0.1, 0.15) is 5.82 Å². The molecule has 0 spiro atoms. The molecule has 0 saturated carbocycles. The number of likely N-dealkylation sites (tertiary alicyclic amines) is 1. The molecule has 1 aliphatic heterocycles. The van der Waals surface area contributed by atoms with Gasteiger partial charge in [-0.3, -0.25) is 14.6 Å². The summed E-state index contributed by atoms with van der Waals surface area (Å²) in [5.41, 5.74) is 1.39. The minimum absolute atomic E-state index is 0.0363. The van der Waals surface area contributed by atoms with Crippen LogP contribution in [0.4, 0.5) is 4.39 Å². The van der Waals surface area contributed by atoms with Gasteiger partial charge in [0.15, 0.2) is 0 Å². The lowest BCUT2D eigenvalue weighted by molar-refractivity contribution is -0.138. The van der Waals surface area contributed by atoms with Crippen LogP contribution in [0, 0.1) is 11.7 Å². The van der Waals surface area contributed by atoms with Crippen molar-refractivity contribution < 1.29 is 14.0 Å². The van der Waals surface area contributed by atoms with E-state index in [1.165, 1.54) is 6.07 Å². The minimum Gasteiger partial charge on any atom is -0.355 e. The van der Waals surface area contributed by atoms with Crippen molar-refractivity contribution >= 4 is 11.8 Å². The van der Waals surface area contributed by atoms with E-state index < -0.39 is 0 Å². The summed E-state index contributed by atoms with van der Waals surface area (Å²) in [5.74, 6) is -0.691. The van der Waals surface area contributed by atoms with E-state index in [9.17, 15) is 14.0 Å². The van der Waals surface area contributed by atoms with E-state index in [1.807, 2.05) is 18.2 Å². The van der Waals surface area contributed by atoms with Gasteiger partial charge in [-0.2, -0.15) is 0 Å². The number of halogens is 1. The van der Waals surface area contributed by atoms with Crippen molar-refractivity contribution in [1.82, 2.24) is 15.2 Å². The molecule has 3 rings (SSSR count). The molecule has 0 radical (unpaired) electrons. The van der Waals surface area contributed by atoms with Gasteiger partial charge < -0.3 is 10.2 Å². The van der Waals surface area contributed by atoms with Crippen molar-refractivity contribution in [3.8, 4) is 0 Å². The smallest absolute Gasteiger partial charge is 0.224 e. The Morgan fingerprint density at radius 2 is 2.04 bits per heavy atom. The third-order valence-electron chi connectivity index (χ3n) is 4.60. The first-order valence-corrected chi connectivity index (χ1v) is 8.82. The van der Waals surface area contributed by atoms with Crippen molar-refractivity contribution in [1.29, 1.82) is 0 Å². The second-order valence-electron chi connectivity index (χ2n) is 6.46. The highest BCUT2D eigenvalue weighted by Gasteiger charge is 2.30. The van der Waals surface area contributed by atoms with Crippen LogP contribution in [0.5, 0.6) is 0 Å². The first-order valence-electron chi connectivity index (χ1n) is 8.82. The molecule has 2 heterocycles.